The molecule has 1 aromatic carbocycles. The van der Waals surface area contributed by atoms with E-state index in [1.165, 1.54) is 18.4 Å². The molecule has 2 heterocycles. The molecule has 0 aliphatic heterocycles. The van der Waals surface area contributed by atoms with Crippen LogP contribution < -0.4 is 0 Å². The number of carbonyl (C=O) groups excluding carboxylic acids is 1. The van der Waals surface area contributed by atoms with Crippen LogP contribution >= 0.6 is 0 Å². The highest BCUT2D eigenvalue weighted by Gasteiger charge is 2.13. The molecule has 0 aliphatic rings. The van der Waals surface area contributed by atoms with Gasteiger partial charge in [0.2, 0.25) is 0 Å². The zero-order valence-electron chi connectivity index (χ0n) is 10.5. The van der Waals surface area contributed by atoms with Crippen molar-refractivity contribution in [3.63, 3.8) is 0 Å². The molecule has 5 heteroatoms. The van der Waals surface area contributed by atoms with E-state index in [0.29, 0.717) is 23.6 Å². The third-order valence-electron chi connectivity index (χ3n) is 2.91. The summed E-state index contributed by atoms with van der Waals surface area (Å²) in [5.41, 5.74) is 1.70. The third kappa shape index (κ3) is 2.38. The molecule has 0 aliphatic carbocycles. The van der Waals surface area contributed by atoms with Gasteiger partial charge in [0, 0.05) is 6.20 Å². The van der Waals surface area contributed by atoms with Crippen molar-refractivity contribution < 1.29 is 13.6 Å². The molecule has 0 atom stereocenters. The van der Waals surface area contributed by atoms with E-state index in [0.717, 1.165) is 11.8 Å². The molecular weight excluding hydrogens is 259 g/mol. The van der Waals surface area contributed by atoms with Crippen molar-refractivity contribution in [2.75, 3.05) is 0 Å². The second-order valence-corrected chi connectivity index (χ2v) is 4.36. The van der Waals surface area contributed by atoms with Crippen LogP contribution in [-0.4, -0.2) is 16.1 Å². The van der Waals surface area contributed by atoms with Crippen LogP contribution in [0.5, 0.6) is 0 Å². The van der Waals surface area contributed by atoms with Gasteiger partial charge >= 0.3 is 0 Å². The number of halogens is 1. The number of hydrogen-bond acceptors (Lipinski definition) is 3. The number of carbonyl (C=O) groups is 1. The first-order valence-electron chi connectivity index (χ1n) is 6.07. The van der Waals surface area contributed by atoms with Crippen LogP contribution in [0.2, 0.25) is 0 Å². The molecule has 3 rings (SSSR count). The predicted molar refractivity (Wildman–Crippen MR) is 70.8 cm³/mol. The molecule has 0 N–H and O–H groups in total. The van der Waals surface area contributed by atoms with Crippen LogP contribution in [0.3, 0.4) is 0 Å². The SMILES string of the molecule is O=Cc1cn(Cc2cccc(F)c2)nc1-c1ccco1. The van der Waals surface area contributed by atoms with Crippen molar-refractivity contribution in [2.45, 2.75) is 6.54 Å². The fourth-order valence-corrected chi connectivity index (χ4v) is 2.03. The summed E-state index contributed by atoms with van der Waals surface area (Å²) in [5.74, 6) is 0.238. The smallest absolute Gasteiger partial charge is 0.154 e. The lowest BCUT2D eigenvalue weighted by molar-refractivity contribution is 0.112. The monoisotopic (exact) mass is 270 g/mol. The standard InChI is InChI=1S/C15H11FN2O2/c16-13-4-1-3-11(7-13)8-18-9-12(10-19)15(17-18)14-5-2-6-20-14/h1-7,9-10H,8H2. The summed E-state index contributed by atoms with van der Waals surface area (Å²) >= 11 is 0. The summed E-state index contributed by atoms with van der Waals surface area (Å²) < 4.78 is 20.0. The third-order valence-corrected chi connectivity index (χ3v) is 2.91. The minimum absolute atomic E-state index is 0.295. The average molecular weight is 270 g/mol. The molecule has 0 unspecified atom stereocenters. The number of hydrogen-bond donors (Lipinski definition) is 0. The Morgan fingerprint density at radius 2 is 2.20 bits per heavy atom. The number of aromatic nitrogens is 2. The van der Waals surface area contributed by atoms with Gasteiger partial charge in [-0.25, -0.2) is 4.39 Å². The number of aldehydes is 1. The first kappa shape index (κ1) is 12.3. The Bertz CT molecular complexity index is 732. The van der Waals surface area contributed by atoms with Gasteiger partial charge in [0.1, 0.15) is 11.5 Å². The fraction of sp³-hybridized carbons (Fsp3) is 0.0667. The van der Waals surface area contributed by atoms with E-state index in [2.05, 4.69) is 5.10 Å². The highest BCUT2D eigenvalue weighted by molar-refractivity contribution is 5.83. The second-order valence-electron chi connectivity index (χ2n) is 4.36. The number of rotatable bonds is 4. The van der Waals surface area contributed by atoms with Gasteiger partial charge in [0.05, 0.1) is 18.4 Å². The minimum atomic E-state index is -0.295. The van der Waals surface area contributed by atoms with E-state index in [-0.39, 0.29) is 5.82 Å². The Morgan fingerprint density at radius 1 is 1.30 bits per heavy atom. The maximum atomic E-state index is 13.1. The summed E-state index contributed by atoms with van der Waals surface area (Å²) in [5, 5.41) is 4.32. The van der Waals surface area contributed by atoms with Crippen molar-refractivity contribution in [2.24, 2.45) is 0 Å². The normalized spacial score (nSPS) is 10.7. The van der Waals surface area contributed by atoms with Crippen LogP contribution in [0.4, 0.5) is 4.39 Å². The van der Waals surface area contributed by atoms with E-state index in [4.69, 9.17) is 4.42 Å². The highest BCUT2D eigenvalue weighted by atomic mass is 19.1. The molecule has 0 saturated carbocycles. The first-order valence-corrected chi connectivity index (χ1v) is 6.07. The summed E-state index contributed by atoms with van der Waals surface area (Å²) in [6.07, 6.45) is 3.87. The average Bonchev–Trinajstić information content (AvgIpc) is 3.06. The van der Waals surface area contributed by atoms with Crippen molar-refractivity contribution >= 4 is 6.29 Å². The van der Waals surface area contributed by atoms with E-state index in [9.17, 15) is 9.18 Å². The molecule has 0 bridgehead atoms. The Balaban J connectivity index is 1.93. The Hall–Kier alpha value is -2.69. The molecule has 20 heavy (non-hydrogen) atoms. The van der Waals surface area contributed by atoms with Crippen LogP contribution in [0.15, 0.2) is 53.3 Å². The maximum absolute atomic E-state index is 13.1. The molecule has 100 valence electrons. The zero-order valence-corrected chi connectivity index (χ0v) is 10.5. The summed E-state index contributed by atoms with van der Waals surface area (Å²) in [4.78, 5) is 11.1. The first-order chi connectivity index (χ1) is 9.76. The lowest BCUT2D eigenvalue weighted by Crippen LogP contribution is -2.00. The Morgan fingerprint density at radius 3 is 2.90 bits per heavy atom. The summed E-state index contributed by atoms with van der Waals surface area (Å²) in [6.45, 7) is 0.388. The minimum Gasteiger partial charge on any atom is -0.463 e. The van der Waals surface area contributed by atoms with E-state index >= 15 is 0 Å². The van der Waals surface area contributed by atoms with Crippen LogP contribution in [-0.2, 0) is 6.54 Å². The summed E-state index contributed by atoms with van der Waals surface area (Å²) in [6, 6.07) is 9.74. The Kier molecular flexibility index (Phi) is 3.16. The molecule has 0 saturated heterocycles. The van der Waals surface area contributed by atoms with Crippen molar-refractivity contribution in [3.05, 3.63) is 65.8 Å². The Labute approximate surface area is 114 Å². The van der Waals surface area contributed by atoms with Gasteiger partial charge in [-0.2, -0.15) is 5.10 Å². The van der Waals surface area contributed by atoms with Crippen LogP contribution in [0.1, 0.15) is 15.9 Å². The fourth-order valence-electron chi connectivity index (χ4n) is 2.03. The van der Waals surface area contributed by atoms with Gasteiger partial charge in [-0.1, -0.05) is 12.1 Å². The molecular formula is C15H11FN2O2. The number of nitrogens with zero attached hydrogens (tertiary/aromatic N) is 2. The molecule has 3 aromatic rings. The predicted octanol–water partition coefficient (Wildman–Crippen LogP) is 3.14. The van der Waals surface area contributed by atoms with Gasteiger partial charge in [-0.05, 0) is 29.8 Å². The van der Waals surface area contributed by atoms with Crippen molar-refractivity contribution in [1.82, 2.24) is 9.78 Å². The van der Waals surface area contributed by atoms with Gasteiger partial charge in [0.15, 0.2) is 12.0 Å². The number of benzene rings is 1. The highest BCUT2D eigenvalue weighted by Crippen LogP contribution is 2.21. The quantitative estimate of drug-likeness (QED) is 0.684. The lowest BCUT2D eigenvalue weighted by atomic mass is 10.2. The molecule has 0 fully saturated rings. The molecule has 0 radical (unpaired) electrons. The van der Waals surface area contributed by atoms with Crippen molar-refractivity contribution in [3.8, 4) is 11.5 Å². The summed E-state index contributed by atoms with van der Waals surface area (Å²) in [7, 11) is 0. The molecule has 4 nitrogen and oxygen atoms in total. The van der Waals surface area contributed by atoms with E-state index in [1.807, 2.05) is 0 Å². The molecule has 0 spiro atoms. The van der Waals surface area contributed by atoms with E-state index < -0.39 is 0 Å². The maximum Gasteiger partial charge on any atom is 0.154 e. The van der Waals surface area contributed by atoms with Crippen LogP contribution in [0.25, 0.3) is 11.5 Å². The zero-order chi connectivity index (χ0) is 13.9. The van der Waals surface area contributed by atoms with E-state index in [1.54, 1.807) is 35.1 Å². The lowest BCUT2D eigenvalue weighted by Gasteiger charge is -2.01. The largest absolute Gasteiger partial charge is 0.463 e. The van der Waals surface area contributed by atoms with Gasteiger partial charge in [0.25, 0.3) is 0 Å². The van der Waals surface area contributed by atoms with Gasteiger partial charge in [-0.3, -0.25) is 9.48 Å². The van der Waals surface area contributed by atoms with Gasteiger partial charge < -0.3 is 4.42 Å². The van der Waals surface area contributed by atoms with Crippen molar-refractivity contribution in [1.29, 1.82) is 0 Å². The topological polar surface area (TPSA) is 48.0 Å². The molecule has 0 amide bonds. The molecule has 2 aromatic heterocycles. The van der Waals surface area contributed by atoms with Crippen LogP contribution in [0, 0.1) is 5.82 Å². The van der Waals surface area contributed by atoms with Gasteiger partial charge in [-0.15, -0.1) is 0 Å². The second kappa shape index (κ2) is 5.13. The number of furan rings is 1.